The van der Waals surface area contributed by atoms with Crippen molar-refractivity contribution in [2.45, 2.75) is 13.0 Å². The summed E-state index contributed by atoms with van der Waals surface area (Å²) in [4.78, 5) is 12.9. The van der Waals surface area contributed by atoms with Gasteiger partial charge in [-0.3, -0.25) is 9.89 Å². The molecule has 0 bridgehead atoms. The highest BCUT2D eigenvalue weighted by atomic mass is 16.1. The fourth-order valence-corrected chi connectivity index (χ4v) is 3.21. The van der Waals surface area contributed by atoms with E-state index in [2.05, 4.69) is 20.6 Å². The molecule has 4 aromatic rings. The molecule has 6 N–H and O–H groups in total. The predicted octanol–water partition coefficient (Wildman–Crippen LogP) is 2.62. The van der Waals surface area contributed by atoms with Gasteiger partial charge in [-0.05, 0) is 48.9 Å². The molecule has 1 amide bonds. The molecule has 8 heteroatoms. The Balaban J connectivity index is 1.56. The second-order valence-electron chi connectivity index (χ2n) is 6.74. The van der Waals surface area contributed by atoms with Crippen molar-refractivity contribution in [3.05, 3.63) is 84.0 Å². The van der Waals surface area contributed by atoms with Crippen LogP contribution in [0.15, 0.2) is 78.4 Å². The van der Waals surface area contributed by atoms with Gasteiger partial charge in [0.25, 0.3) is 5.91 Å². The van der Waals surface area contributed by atoms with Crippen LogP contribution in [0.3, 0.4) is 0 Å². The maximum atomic E-state index is 12.9. The fraction of sp³-hybridized carbons (Fsp3) is 0.0952. The lowest BCUT2D eigenvalue weighted by Crippen LogP contribution is -2.27. The van der Waals surface area contributed by atoms with Crippen molar-refractivity contribution in [2.24, 2.45) is 11.5 Å². The number of fused-ring (bicyclic) bond motifs is 1. The SMILES string of the molecule is C/C(N)=C(\C(=O)Nc1ccc2[nH]ncc2c1)C(N)c1ccc(-n2cccn2)cc1. The summed E-state index contributed by atoms with van der Waals surface area (Å²) in [5, 5.41) is 14.8. The van der Waals surface area contributed by atoms with Gasteiger partial charge in [-0.15, -0.1) is 0 Å². The van der Waals surface area contributed by atoms with Crippen LogP contribution in [0.2, 0.25) is 0 Å². The summed E-state index contributed by atoms with van der Waals surface area (Å²) in [6.07, 6.45) is 5.26. The summed E-state index contributed by atoms with van der Waals surface area (Å²) in [5.74, 6) is -0.337. The zero-order valence-electron chi connectivity index (χ0n) is 15.8. The van der Waals surface area contributed by atoms with Crippen LogP contribution >= 0.6 is 0 Å². The lowest BCUT2D eigenvalue weighted by Gasteiger charge is -2.18. The Hall–Kier alpha value is -3.91. The molecule has 2 aromatic carbocycles. The summed E-state index contributed by atoms with van der Waals surface area (Å²) >= 11 is 0. The molecular weight excluding hydrogens is 366 g/mol. The zero-order valence-corrected chi connectivity index (χ0v) is 15.8. The Kier molecular flexibility index (Phi) is 4.84. The number of carbonyl (C=O) groups excluding carboxylic acids is 1. The number of amides is 1. The van der Waals surface area contributed by atoms with Crippen molar-refractivity contribution in [1.82, 2.24) is 20.0 Å². The molecule has 0 aliphatic carbocycles. The van der Waals surface area contributed by atoms with Crippen LogP contribution in [0.5, 0.6) is 0 Å². The topological polar surface area (TPSA) is 128 Å². The van der Waals surface area contributed by atoms with E-state index in [0.29, 0.717) is 17.0 Å². The Morgan fingerprint density at radius 1 is 1.21 bits per heavy atom. The molecule has 0 saturated carbocycles. The third-order valence-corrected chi connectivity index (χ3v) is 4.70. The highest BCUT2D eigenvalue weighted by Crippen LogP contribution is 2.24. The van der Waals surface area contributed by atoms with Crippen LogP contribution in [-0.4, -0.2) is 25.9 Å². The number of hydrogen-bond acceptors (Lipinski definition) is 5. The Morgan fingerprint density at radius 2 is 2.00 bits per heavy atom. The largest absolute Gasteiger partial charge is 0.402 e. The number of hydrogen-bond donors (Lipinski definition) is 4. The number of carbonyl (C=O) groups is 1. The normalized spacial score (nSPS) is 13.2. The second-order valence-corrected chi connectivity index (χ2v) is 6.74. The van der Waals surface area contributed by atoms with Gasteiger partial charge in [0.2, 0.25) is 0 Å². The van der Waals surface area contributed by atoms with Crippen LogP contribution in [0, 0.1) is 0 Å². The minimum atomic E-state index is -0.663. The average molecular weight is 387 g/mol. The maximum Gasteiger partial charge on any atom is 0.255 e. The first kappa shape index (κ1) is 18.5. The standard InChI is InChI=1S/C21H21N7O/c1-13(22)19(21(29)26-16-5-8-18-15(11-16)12-24-27-18)20(23)14-3-6-17(7-4-14)28-10-2-9-25-28/h2-12,20H,22-23H2,1H3,(H,24,27)(H,26,29)/b19-13+. The van der Waals surface area contributed by atoms with Crippen molar-refractivity contribution in [3.8, 4) is 5.69 Å². The molecule has 1 atom stereocenters. The quantitative estimate of drug-likeness (QED) is 0.391. The number of H-pyrrole nitrogens is 1. The summed E-state index contributed by atoms with van der Waals surface area (Å²) < 4.78 is 1.75. The molecule has 0 fully saturated rings. The van der Waals surface area contributed by atoms with Crippen LogP contribution in [-0.2, 0) is 4.79 Å². The van der Waals surface area contributed by atoms with Crippen molar-refractivity contribution in [2.75, 3.05) is 5.32 Å². The van der Waals surface area contributed by atoms with E-state index < -0.39 is 6.04 Å². The van der Waals surface area contributed by atoms with Gasteiger partial charge in [-0.2, -0.15) is 10.2 Å². The highest BCUT2D eigenvalue weighted by molar-refractivity contribution is 6.05. The first-order chi connectivity index (χ1) is 14.0. The van der Waals surface area contributed by atoms with E-state index in [9.17, 15) is 4.79 Å². The zero-order chi connectivity index (χ0) is 20.4. The molecule has 0 radical (unpaired) electrons. The van der Waals surface area contributed by atoms with Crippen LogP contribution in [0.4, 0.5) is 5.69 Å². The molecule has 0 saturated heterocycles. The minimum absolute atomic E-state index is 0.323. The molecule has 146 valence electrons. The number of nitrogens with one attached hydrogen (secondary N) is 2. The molecule has 0 aliphatic heterocycles. The van der Waals surface area contributed by atoms with E-state index in [4.69, 9.17) is 11.5 Å². The summed E-state index contributed by atoms with van der Waals surface area (Å²) in [6, 6.07) is 14.2. The number of allylic oxidation sites excluding steroid dienone is 1. The lowest BCUT2D eigenvalue weighted by atomic mass is 9.97. The number of nitrogens with two attached hydrogens (primary N) is 2. The number of rotatable bonds is 5. The monoisotopic (exact) mass is 387 g/mol. The third kappa shape index (κ3) is 3.74. The number of aromatic nitrogens is 4. The van der Waals surface area contributed by atoms with Gasteiger partial charge in [0.15, 0.2) is 0 Å². The van der Waals surface area contributed by atoms with Crippen molar-refractivity contribution >= 4 is 22.5 Å². The molecule has 0 aliphatic rings. The van der Waals surface area contributed by atoms with E-state index in [1.165, 1.54) is 0 Å². The van der Waals surface area contributed by atoms with Crippen molar-refractivity contribution < 1.29 is 4.79 Å². The second kappa shape index (κ2) is 7.61. The van der Waals surface area contributed by atoms with E-state index in [0.717, 1.165) is 22.2 Å². The highest BCUT2D eigenvalue weighted by Gasteiger charge is 2.22. The van der Waals surface area contributed by atoms with Gasteiger partial charge in [0.05, 0.1) is 29.0 Å². The van der Waals surface area contributed by atoms with Crippen LogP contribution < -0.4 is 16.8 Å². The molecule has 29 heavy (non-hydrogen) atoms. The lowest BCUT2D eigenvalue weighted by molar-refractivity contribution is -0.113. The van der Waals surface area contributed by atoms with Crippen molar-refractivity contribution in [3.63, 3.8) is 0 Å². The van der Waals surface area contributed by atoms with Gasteiger partial charge in [0.1, 0.15) is 0 Å². The fourth-order valence-electron chi connectivity index (χ4n) is 3.21. The molecule has 2 aromatic heterocycles. The number of aromatic amines is 1. The Bertz CT molecular complexity index is 1170. The third-order valence-electron chi connectivity index (χ3n) is 4.70. The molecule has 1 unspecified atom stereocenters. The van der Waals surface area contributed by atoms with E-state index >= 15 is 0 Å². The van der Waals surface area contributed by atoms with Crippen LogP contribution in [0.25, 0.3) is 16.6 Å². The summed E-state index contributed by atoms with van der Waals surface area (Å²) in [6.45, 7) is 1.67. The van der Waals surface area contributed by atoms with Gasteiger partial charge >= 0.3 is 0 Å². The molecule has 8 nitrogen and oxygen atoms in total. The maximum absolute atomic E-state index is 12.9. The van der Waals surface area contributed by atoms with Crippen LogP contribution in [0.1, 0.15) is 18.5 Å². The van der Waals surface area contributed by atoms with Crippen molar-refractivity contribution in [1.29, 1.82) is 0 Å². The van der Waals surface area contributed by atoms with Gasteiger partial charge in [-0.1, -0.05) is 12.1 Å². The summed E-state index contributed by atoms with van der Waals surface area (Å²) in [7, 11) is 0. The van der Waals surface area contributed by atoms with Gasteiger partial charge in [-0.25, -0.2) is 4.68 Å². The van der Waals surface area contributed by atoms with Gasteiger partial charge in [0, 0.05) is 29.2 Å². The van der Waals surface area contributed by atoms with Gasteiger partial charge < -0.3 is 16.8 Å². The first-order valence-electron chi connectivity index (χ1n) is 9.09. The Morgan fingerprint density at radius 3 is 2.69 bits per heavy atom. The molecule has 2 heterocycles. The minimum Gasteiger partial charge on any atom is -0.402 e. The predicted molar refractivity (Wildman–Crippen MR) is 112 cm³/mol. The molecule has 4 rings (SSSR count). The molecule has 0 spiro atoms. The number of benzene rings is 2. The average Bonchev–Trinajstić information content (AvgIpc) is 3.39. The first-order valence-corrected chi connectivity index (χ1v) is 9.09. The smallest absolute Gasteiger partial charge is 0.255 e. The molecular formula is C21H21N7O. The van der Waals surface area contributed by atoms with E-state index in [-0.39, 0.29) is 5.91 Å². The Labute approximate surface area is 167 Å². The number of anilines is 1. The number of nitrogens with zero attached hydrogens (tertiary/aromatic N) is 3. The van der Waals surface area contributed by atoms with E-state index in [1.807, 2.05) is 48.7 Å². The van der Waals surface area contributed by atoms with E-state index in [1.54, 1.807) is 30.1 Å². The summed E-state index contributed by atoms with van der Waals surface area (Å²) in [5.41, 5.74) is 16.3.